The Hall–Kier alpha value is -0.0500. The molecule has 0 aliphatic heterocycles. The highest BCUT2D eigenvalue weighted by Gasteiger charge is 2.15. The molecule has 0 spiro atoms. The second kappa shape index (κ2) is 6.63. The molecule has 16 heavy (non-hydrogen) atoms. The number of alkyl halides is 1. The summed E-state index contributed by atoms with van der Waals surface area (Å²) in [6.45, 7) is 5.50. The maximum absolute atomic E-state index is 6.20. The van der Waals surface area contributed by atoms with Crippen LogP contribution in [0.5, 0.6) is 0 Å². The minimum Gasteiger partial charge on any atom is -0.299 e. The first kappa shape index (κ1) is 14.0. The lowest BCUT2D eigenvalue weighted by Crippen LogP contribution is -2.28. The lowest BCUT2D eigenvalue weighted by Gasteiger charge is -2.27. The first-order valence-electron chi connectivity index (χ1n) is 5.57. The lowest BCUT2D eigenvalue weighted by molar-refractivity contribution is 0.235. The van der Waals surface area contributed by atoms with Gasteiger partial charge in [-0.05, 0) is 31.5 Å². The molecule has 1 aromatic carbocycles. The Morgan fingerprint density at radius 3 is 2.50 bits per heavy atom. The quantitative estimate of drug-likeness (QED) is 0.730. The molecule has 0 saturated carbocycles. The average molecular weight is 305 g/mol. The van der Waals surface area contributed by atoms with Crippen molar-refractivity contribution >= 4 is 27.5 Å². The molecule has 0 radical (unpaired) electrons. The van der Waals surface area contributed by atoms with Crippen LogP contribution in [0.25, 0.3) is 0 Å². The smallest absolute Gasteiger partial charge is 0.0453 e. The molecule has 3 heteroatoms. The second-order valence-electron chi connectivity index (χ2n) is 4.40. The molecule has 2 unspecified atom stereocenters. The lowest BCUT2D eigenvalue weighted by atomic mass is 10.1. The van der Waals surface area contributed by atoms with Gasteiger partial charge in [0.2, 0.25) is 0 Å². The largest absolute Gasteiger partial charge is 0.299 e. The molecule has 0 aromatic heterocycles. The van der Waals surface area contributed by atoms with E-state index in [4.69, 9.17) is 11.6 Å². The summed E-state index contributed by atoms with van der Waals surface area (Å²) in [4.78, 5) is 2.34. The van der Waals surface area contributed by atoms with Crippen molar-refractivity contribution < 1.29 is 0 Å². The van der Waals surface area contributed by atoms with Crippen LogP contribution in [-0.2, 0) is 0 Å². The van der Waals surface area contributed by atoms with Gasteiger partial charge < -0.3 is 0 Å². The fourth-order valence-corrected chi connectivity index (χ4v) is 2.25. The Kier molecular flexibility index (Phi) is 5.81. The predicted molar refractivity (Wildman–Crippen MR) is 75.5 cm³/mol. The average Bonchev–Trinajstić information content (AvgIpc) is 2.28. The number of hydrogen-bond donors (Lipinski definition) is 0. The molecule has 0 aliphatic rings. The maximum atomic E-state index is 6.20. The predicted octanol–water partition coefficient (Wildman–Crippen LogP) is 4.36. The standard InChI is InChI=1S/C13H19BrClN/c1-10(8-14)9-16(3)11(2)12-6-4-5-7-13(12)15/h4-7,10-11H,8-9H2,1-3H3. The van der Waals surface area contributed by atoms with Crippen LogP contribution in [-0.4, -0.2) is 23.8 Å². The van der Waals surface area contributed by atoms with E-state index in [0.29, 0.717) is 12.0 Å². The SMILES string of the molecule is CC(CBr)CN(C)C(C)c1ccccc1Cl. The molecular weight excluding hydrogens is 286 g/mol. The molecule has 0 heterocycles. The Morgan fingerprint density at radius 2 is 1.94 bits per heavy atom. The zero-order valence-corrected chi connectivity index (χ0v) is 12.4. The van der Waals surface area contributed by atoms with E-state index in [1.807, 2.05) is 18.2 Å². The van der Waals surface area contributed by atoms with Gasteiger partial charge in [-0.15, -0.1) is 0 Å². The van der Waals surface area contributed by atoms with Gasteiger partial charge in [0, 0.05) is 22.9 Å². The van der Waals surface area contributed by atoms with Crippen LogP contribution in [0.15, 0.2) is 24.3 Å². The van der Waals surface area contributed by atoms with Gasteiger partial charge in [-0.3, -0.25) is 4.90 Å². The first-order valence-corrected chi connectivity index (χ1v) is 7.06. The van der Waals surface area contributed by atoms with Crippen molar-refractivity contribution in [2.45, 2.75) is 19.9 Å². The number of halogens is 2. The van der Waals surface area contributed by atoms with Crippen molar-refractivity contribution in [3.05, 3.63) is 34.9 Å². The highest BCUT2D eigenvalue weighted by Crippen LogP contribution is 2.26. The molecular formula is C13H19BrClN. The molecule has 1 nitrogen and oxygen atoms in total. The van der Waals surface area contributed by atoms with E-state index in [9.17, 15) is 0 Å². The van der Waals surface area contributed by atoms with Crippen molar-refractivity contribution in [3.8, 4) is 0 Å². The van der Waals surface area contributed by atoms with Crippen molar-refractivity contribution in [2.24, 2.45) is 5.92 Å². The van der Waals surface area contributed by atoms with Crippen LogP contribution in [0.3, 0.4) is 0 Å². The minimum absolute atomic E-state index is 0.357. The molecule has 0 amide bonds. The van der Waals surface area contributed by atoms with Gasteiger partial charge in [0.15, 0.2) is 0 Å². The molecule has 1 aromatic rings. The van der Waals surface area contributed by atoms with Crippen molar-refractivity contribution in [3.63, 3.8) is 0 Å². The van der Waals surface area contributed by atoms with E-state index >= 15 is 0 Å². The van der Waals surface area contributed by atoms with Gasteiger partial charge in [0.25, 0.3) is 0 Å². The number of nitrogens with zero attached hydrogens (tertiary/aromatic N) is 1. The van der Waals surface area contributed by atoms with Crippen molar-refractivity contribution in [1.29, 1.82) is 0 Å². The van der Waals surface area contributed by atoms with E-state index in [1.165, 1.54) is 5.56 Å². The van der Waals surface area contributed by atoms with E-state index in [2.05, 4.69) is 47.8 Å². The summed E-state index contributed by atoms with van der Waals surface area (Å²) < 4.78 is 0. The molecule has 0 N–H and O–H groups in total. The Bertz CT molecular complexity index is 329. The highest BCUT2D eigenvalue weighted by atomic mass is 79.9. The molecule has 90 valence electrons. The Morgan fingerprint density at radius 1 is 1.31 bits per heavy atom. The van der Waals surface area contributed by atoms with Gasteiger partial charge in [-0.25, -0.2) is 0 Å². The van der Waals surface area contributed by atoms with Crippen LogP contribution < -0.4 is 0 Å². The summed E-state index contributed by atoms with van der Waals surface area (Å²) in [5.41, 5.74) is 1.20. The van der Waals surface area contributed by atoms with Crippen molar-refractivity contribution in [1.82, 2.24) is 4.90 Å². The summed E-state index contributed by atoms with van der Waals surface area (Å²) in [5.74, 6) is 0.648. The number of hydrogen-bond acceptors (Lipinski definition) is 1. The third kappa shape index (κ3) is 3.76. The Labute approximate surface area is 112 Å². The summed E-state index contributed by atoms with van der Waals surface area (Å²) >= 11 is 9.71. The number of rotatable bonds is 5. The third-order valence-electron chi connectivity index (χ3n) is 2.88. The summed E-state index contributed by atoms with van der Waals surface area (Å²) in [5, 5.41) is 1.89. The monoisotopic (exact) mass is 303 g/mol. The van der Waals surface area contributed by atoms with E-state index in [1.54, 1.807) is 0 Å². The van der Waals surface area contributed by atoms with Crippen LogP contribution in [0, 0.1) is 5.92 Å². The fraction of sp³-hybridized carbons (Fsp3) is 0.538. The minimum atomic E-state index is 0.357. The Balaban J connectivity index is 2.70. The summed E-state index contributed by atoms with van der Waals surface area (Å²) in [6, 6.07) is 8.42. The van der Waals surface area contributed by atoms with E-state index < -0.39 is 0 Å². The molecule has 0 fully saturated rings. The van der Waals surface area contributed by atoms with Crippen LogP contribution >= 0.6 is 27.5 Å². The van der Waals surface area contributed by atoms with Gasteiger partial charge in [0.1, 0.15) is 0 Å². The van der Waals surface area contributed by atoms with Crippen LogP contribution in [0.1, 0.15) is 25.5 Å². The zero-order chi connectivity index (χ0) is 12.1. The number of benzene rings is 1. The van der Waals surface area contributed by atoms with Crippen LogP contribution in [0.2, 0.25) is 5.02 Å². The fourth-order valence-electron chi connectivity index (χ4n) is 1.75. The topological polar surface area (TPSA) is 3.24 Å². The normalized spacial score (nSPS) is 15.1. The maximum Gasteiger partial charge on any atom is 0.0453 e. The molecule has 2 atom stereocenters. The molecule has 0 saturated heterocycles. The van der Waals surface area contributed by atoms with Gasteiger partial charge in [-0.1, -0.05) is 52.7 Å². The molecule has 0 aliphatic carbocycles. The summed E-state index contributed by atoms with van der Waals surface area (Å²) in [6.07, 6.45) is 0. The molecule has 1 rings (SSSR count). The zero-order valence-electron chi connectivity index (χ0n) is 10.1. The van der Waals surface area contributed by atoms with Gasteiger partial charge in [-0.2, -0.15) is 0 Å². The van der Waals surface area contributed by atoms with Gasteiger partial charge >= 0.3 is 0 Å². The van der Waals surface area contributed by atoms with Crippen LogP contribution in [0.4, 0.5) is 0 Å². The van der Waals surface area contributed by atoms with E-state index in [0.717, 1.165) is 16.9 Å². The summed E-state index contributed by atoms with van der Waals surface area (Å²) in [7, 11) is 2.15. The van der Waals surface area contributed by atoms with E-state index in [-0.39, 0.29) is 0 Å². The van der Waals surface area contributed by atoms with Gasteiger partial charge in [0.05, 0.1) is 0 Å². The second-order valence-corrected chi connectivity index (χ2v) is 5.45. The molecule has 0 bridgehead atoms. The third-order valence-corrected chi connectivity index (χ3v) is 4.33. The van der Waals surface area contributed by atoms with Crippen molar-refractivity contribution in [2.75, 3.05) is 18.9 Å². The highest BCUT2D eigenvalue weighted by molar-refractivity contribution is 9.09. The first-order chi connectivity index (χ1) is 7.56.